The molecule has 2 fully saturated rings. The normalized spacial score (nSPS) is 26.7. The van der Waals surface area contributed by atoms with E-state index in [1.165, 1.54) is 8.61 Å². The summed E-state index contributed by atoms with van der Waals surface area (Å²) in [6.45, 7) is 2.78. The van der Waals surface area contributed by atoms with Gasteiger partial charge in [0.2, 0.25) is 0 Å². The third kappa shape index (κ3) is 2.59. The molecule has 0 amide bonds. The van der Waals surface area contributed by atoms with Gasteiger partial charge in [0.05, 0.1) is 38.2 Å². The Morgan fingerprint density at radius 1 is 1.20 bits per heavy atom. The van der Waals surface area contributed by atoms with E-state index in [1.54, 1.807) is 12.3 Å². The first-order valence-electron chi connectivity index (χ1n) is 6.61. The molecule has 1 N–H and O–H groups in total. The first-order chi connectivity index (χ1) is 9.69. The Hall–Kier alpha value is -1.00. The van der Waals surface area contributed by atoms with Gasteiger partial charge in [0.15, 0.2) is 0 Å². The summed E-state index contributed by atoms with van der Waals surface area (Å²) in [6, 6.07) is 1.43. The molecule has 3 rings (SSSR count). The molecule has 9 heteroatoms. The molecule has 1 atom stereocenters. The van der Waals surface area contributed by atoms with Crippen LogP contribution >= 0.6 is 0 Å². The van der Waals surface area contributed by atoms with E-state index in [4.69, 9.17) is 9.47 Å². The second-order valence-electron chi connectivity index (χ2n) is 4.73. The summed E-state index contributed by atoms with van der Waals surface area (Å²) in [5.41, 5.74) is 0.751. The SMILES string of the molecule is O=S(=O)(N1CCOCC1)N1CCOCC1c1ccn[nH]1. The van der Waals surface area contributed by atoms with E-state index < -0.39 is 10.2 Å². The van der Waals surface area contributed by atoms with E-state index in [0.717, 1.165) is 5.69 Å². The molecule has 20 heavy (non-hydrogen) atoms. The molecule has 2 saturated heterocycles. The minimum Gasteiger partial charge on any atom is -0.379 e. The second kappa shape index (κ2) is 5.78. The van der Waals surface area contributed by atoms with Crippen molar-refractivity contribution in [3.63, 3.8) is 0 Å². The zero-order valence-corrected chi connectivity index (χ0v) is 11.9. The molecule has 2 aliphatic heterocycles. The Bertz CT molecular complexity index is 527. The van der Waals surface area contributed by atoms with Gasteiger partial charge in [-0.1, -0.05) is 0 Å². The van der Waals surface area contributed by atoms with Crippen molar-refractivity contribution in [3.05, 3.63) is 18.0 Å². The first kappa shape index (κ1) is 14.0. The van der Waals surface area contributed by atoms with Crippen molar-refractivity contribution in [2.24, 2.45) is 0 Å². The molecule has 0 aliphatic carbocycles. The molecule has 1 unspecified atom stereocenters. The summed E-state index contributed by atoms with van der Waals surface area (Å²) in [4.78, 5) is 0. The van der Waals surface area contributed by atoms with Gasteiger partial charge in [-0.2, -0.15) is 22.1 Å². The molecule has 1 aromatic heterocycles. The number of nitrogens with zero attached hydrogens (tertiary/aromatic N) is 3. The van der Waals surface area contributed by atoms with Crippen molar-refractivity contribution >= 4 is 10.2 Å². The van der Waals surface area contributed by atoms with E-state index in [2.05, 4.69) is 10.2 Å². The van der Waals surface area contributed by atoms with Crippen LogP contribution in [0.25, 0.3) is 0 Å². The molecule has 3 heterocycles. The Balaban J connectivity index is 1.85. The predicted molar refractivity (Wildman–Crippen MR) is 70.2 cm³/mol. The Kier molecular flexibility index (Phi) is 4.03. The minimum absolute atomic E-state index is 0.339. The molecule has 0 spiro atoms. The van der Waals surface area contributed by atoms with Gasteiger partial charge in [-0.25, -0.2) is 0 Å². The Morgan fingerprint density at radius 3 is 2.65 bits per heavy atom. The van der Waals surface area contributed by atoms with Crippen molar-refractivity contribution in [1.82, 2.24) is 18.8 Å². The zero-order valence-electron chi connectivity index (χ0n) is 11.1. The topological polar surface area (TPSA) is 87.8 Å². The molecule has 0 saturated carbocycles. The lowest BCUT2D eigenvalue weighted by molar-refractivity contribution is 0.0224. The highest BCUT2D eigenvalue weighted by atomic mass is 32.2. The van der Waals surface area contributed by atoms with Crippen molar-refractivity contribution < 1.29 is 17.9 Å². The maximum Gasteiger partial charge on any atom is 0.282 e. The first-order valence-corrected chi connectivity index (χ1v) is 8.01. The van der Waals surface area contributed by atoms with Gasteiger partial charge < -0.3 is 9.47 Å². The lowest BCUT2D eigenvalue weighted by Gasteiger charge is -2.38. The van der Waals surface area contributed by atoms with E-state index in [0.29, 0.717) is 46.1 Å². The highest BCUT2D eigenvalue weighted by Gasteiger charge is 2.38. The maximum absolute atomic E-state index is 12.8. The molecule has 0 radical (unpaired) electrons. The summed E-state index contributed by atoms with van der Waals surface area (Å²) >= 11 is 0. The molecule has 1 aromatic rings. The van der Waals surface area contributed by atoms with Crippen molar-refractivity contribution in [2.45, 2.75) is 6.04 Å². The lowest BCUT2D eigenvalue weighted by atomic mass is 10.2. The van der Waals surface area contributed by atoms with Crippen molar-refractivity contribution in [1.29, 1.82) is 0 Å². The second-order valence-corrected chi connectivity index (χ2v) is 6.61. The maximum atomic E-state index is 12.8. The van der Waals surface area contributed by atoms with Crippen molar-refractivity contribution in [3.8, 4) is 0 Å². The van der Waals surface area contributed by atoms with Crippen LogP contribution in [-0.4, -0.2) is 73.3 Å². The summed E-state index contributed by atoms with van der Waals surface area (Å²) in [5, 5.41) is 6.72. The van der Waals surface area contributed by atoms with Gasteiger partial charge in [-0.05, 0) is 6.07 Å². The summed E-state index contributed by atoms with van der Waals surface area (Å²) in [7, 11) is -3.50. The third-order valence-corrected chi connectivity index (χ3v) is 5.60. The van der Waals surface area contributed by atoms with Crippen LogP contribution in [0.3, 0.4) is 0 Å². The lowest BCUT2D eigenvalue weighted by Crippen LogP contribution is -2.52. The van der Waals surface area contributed by atoms with Gasteiger partial charge in [0.1, 0.15) is 0 Å². The van der Waals surface area contributed by atoms with E-state index in [-0.39, 0.29) is 6.04 Å². The van der Waals surface area contributed by atoms with Gasteiger partial charge in [-0.15, -0.1) is 0 Å². The van der Waals surface area contributed by atoms with Gasteiger partial charge in [-0.3, -0.25) is 5.10 Å². The molecule has 112 valence electrons. The number of ether oxygens (including phenoxy) is 2. The molecular formula is C11H18N4O4S. The number of rotatable bonds is 3. The summed E-state index contributed by atoms with van der Waals surface area (Å²) in [6.07, 6.45) is 1.61. The molecule has 0 bridgehead atoms. The fraction of sp³-hybridized carbons (Fsp3) is 0.727. The van der Waals surface area contributed by atoms with Gasteiger partial charge >= 0.3 is 0 Å². The van der Waals surface area contributed by atoms with Crippen LogP contribution in [-0.2, 0) is 19.7 Å². The number of aromatic amines is 1. The number of hydrogen-bond donors (Lipinski definition) is 1. The summed E-state index contributed by atoms with van der Waals surface area (Å²) in [5.74, 6) is 0. The van der Waals surface area contributed by atoms with Gasteiger partial charge in [0.25, 0.3) is 10.2 Å². The molecule has 2 aliphatic rings. The van der Waals surface area contributed by atoms with E-state index >= 15 is 0 Å². The van der Waals surface area contributed by atoms with Crippen LogP contribution in [0.5, 0.6) is 0 Å². The number of H-pyrrole nitrogens is 1. The third-order valence-electron chi connectivity index (χ3n) is 3.55. The molecular weight excluding hydrogens is 284 g/mol. The quantitative estimate of drug-likeness (QED) is 0.802. The monoisotopic (exact) mass is 302 g/mol. The zero-order chi connectivity index (χ0) is 14.0. The van der Waals surface area contributed by atoms with Crippen molar-refractivity contribution in [2.75, 3.05) is 46.1 Å². The highest BCUT2D eigenvalue weighted by Crippen LogP contribution is 2.27. The standard InChI is InChI=1S/C11H18N4O4S/c16-20(17,14-3-6-18-7-4-14)15-5-8-19-9-11(15)10-1-2-12-13-10/h1-2,11H,3-9H2,(H,12,13). The highest BCUT2D eigenvalue weighted by molar-refractivity contribution is 7.86. The predicted octanol–water partition coefficient (Wildman–Crippen LogP) is -0.640. The fourth-order valence-electron chi connectivity index (χ4n) is 2.49. The van der Waals surface area contributed by atoms with Crippen LogP contribution in [0.1, 0.15) is 11.7 Å². The molecule has 0 aromatic carbocycles. The minimum atomic E-state index is -3.50. The average molecular weight is 302 g/mol. The van der Waals surface area contributed by atoms with E-state index in [1.807, 2.05) is 0 Å². The number of nitrogens with one attached hydrogen (secondary N) is 1. The number of aromatic nitrogens is 2. The number of morpholine rings is 2. The Morgan fingerprint density at radius 2 is 1.95 bits per heavy atom. The smallest absolute Gasteiger partial charge is 0.282 e. The Labute approximate surface area is 117 Å². The van der Waals surface area contributed by atoms with Crippen LogP contribution in [0, 0.1) is 0 Å². The van der Waals surface area contributed by atoms with Crippen LogP contribution in [0.2, 0.25) is 0 Å². The van der Waals surface area contributed by atoms with Gasteiger partial charge in [0, 0.05) is 25.8 Å². The van der Waals surface area contributed by atoms with E-state index in [9.17, 15) is 8.42 Å². The summed E-state index contributed by atoms with van der Waals surface area (Å²) < 4.78 is 39.1. The number of hydrogen-bond acceptors (Lipinski definition) is 5. The van der Waals surface area contributed by atoms with Crippen LogP contribution < -0.4 is 0 Å². The largest absolute Gasteiger partial charge is 0.379 e. The molecule has 8 nitrogen and oxygen atoms in total. The van der Waals surface area contributed by atoms with Crippen LogP contribution in [0.15, 0.2) is 12.3 Å². The van der Waals surface area contributed by atoms with Crippen LogP contribution in [0.4, 0.5) is 0 Å². The fourth-order valence-corrected chi connectivity index (χ4v) is 4.20. The average Bonchev–Trinajstić information content (AvgIpc) is 3.02.